The van der Waals surface area contributed by atoms with Gasteiger partial charge in [-0.2, -0.15) is 0 Å². The summed E-state index contributed by atoms with van der Waals surface area (Å²) < 4.78 is 0. The van der Waals surface area contributed by atoms with Crippen molar-refractivity contribution in [3.8, 4) is 0 Å². The van der Waals surface area contributed by atoms with Crippen molar-refractivity contribution in [2.75, 3.05) is 6.54 Å². The van der Waals surface area contributed by atoms with Gasteiger partial charge in [-0.15, -0.1) is 0 Å². The zero-order valence-corrected chi connectivity index (χ0v) is 12.6. The Labute approximate surface area is 126 Å². The highest BCUT2D eigenvalue weighted by atomic mass is 16.4. The number of carbonyl (C=O) groups excluding carboxylic acids is 1. The molecule has 0 radical (unpaired) electrons. The van der Waals surface area contributed by atoms with Crippen molar-refractivity contribution in [2.45, 2.75) is 70.3 Å². The second-order valence-corrected chi connectivity index (χ2v) is 6.93. The summed E-state index contributed by atoms with van der Waals surface area (Å²) >= 11 is 0. The van der Waals surface area contributed by atoms with E-state index < -0.39 is 5.97 Å². The second-order valence-electron chi connectivity index (χ2n) is 6.93. The molecule has 0 bridgehead atoms. The lowest BCUT2D eigenvalue weighted by atomic mass is 9.79. The van der Waals surface area contributed by atoms with Crippen LogP contribution in [-0.4, -0.2) is 34.7 Å². The van der Waals surface area contributed by atoms with Crippen LogP contribution in [0.15, 0.2) is 0 Å². The van der Waals surface area contributed by atoms with Crippen LogP contribution in [-0.2, 0) is 9.59 Å². The van der Waals surface area contributed by atoms with Crippen LogP contribution in [0.4, 0.5) is 0 Å². The maximum Gasteiger partial charge on any atom is 0.303 e. The van der Waals surface area contributed by atoms with E-state index in [9.17, 15) is 14.7 Å². The van der Waals surface area contributed by atoms with Crippen molar-refractivity contribution in [1.29, 1.82) is 0 Å². The zero-order valence-electron chi connectivity index (χ0n) is 12.6. The highest BCUT2D eigenvalue weighted by molar-refractivity contribution is 5.78. The molecule has 5 heteroatoms. The van der Waals surface area contributed by atoms with Gasteiger partial charge >= 0.3 is 5.97 Å². The Bertz CT molecular complexity index is 368. The topological polar surface area (TPSA) is 86.6 Å². The largest absolute Gasteiger partial charge is 0.481 e. The first-order valence-corrected chi connectivity index (χ1v) is 8.16. The maximum atomic E-state index is 12.1. The number of nitrogens with one attached hydrogen (secondary N) is 1. The Balaban J connectivity index is 1.76. The van der Waals surface area contributed by atoms with E-state index in [4.69, 9.17) is 5.11 Å². The van der Waals surface area contributed by atoms with E-state index >= 15 is 0 Å². The van der Waals surface area contributed by atoms with Gasteiger partial charge in [-0.3, -0.25) is 9.59 Å². The van der Waals surface area contributed by atoms with Gasteiger partial charge in [0.25, 0.3) is 0 Å². The molecule has 120 valence electrons. The summed E-state index contributed by atoms with van der Waals surface area (Å²) in [5.41, 5.74) is -0.321. The average molecular weight is 297 g/mol. The predicted octanol–water partition coefficient (Wildman–Crippen LogP) is 2.08. The minimum atomic E-state index is -0.800. The highest BCUT2D eigenvalue weighted by Crippen LogP contribution is 2.44. The van der Waals surface area contributed by atoms with Gasteiger partial charge < -0.3 is 15.5 Å². The number of carboxylic acid groups (broad SMARTS) is 1. The molecule has 0 aliphatic heterocycles. The summed E-state index contributed by atoms with van der Waals surface area (Å²) in [6, 6.07) is 0. The van der Waals surface area contributed by atoms with Gasteiger partial charge in [-0.1, -0.05) is 12.8 Å². The number of aliphatic hydroxyl groups excluding tert-OH is 1. The summed E-state index contributed by atoms with van der Waals surface area (Å²) in [5.74, 6) is -0.355. The maximum absolute atomic E-state index is 12.1. The van der Waals surface area contributed by atoms with E-state index in [2.05, 4.69) is 5.32 Å². The number of rotatable bonds is 6. The van der Waals surface area contributed by atoms with Gasteiger partial charge in [0, 0.05) is 13.0 Å². The molecule has 5 nitrogen and oxygen atoms in total. The van der Waals surface area contributed by atoms with Gasteiger partial charge in [-0.25, -0.2) is 0 Å². The fraction of sp³-hybridized carbons (Fsp3) is 0.875. The third kappa shape index (κ3) is 4.99. The molecule has 0 unspecified atom stereocenters. The lowest BCUT2D eigenvalue weighted by Crippen LogP contribution is -2.36. The summed E-state index contributed by atoms with van der Waals surface area (Å²) in [6.07, 6.45) is 7.60. The van der Waals surface area contributed by atoms with E-state index in [1.807, 2.05) is 0 Å². The first-order chi connectivity index (χ1) is 9.99. The van der Waals surface area contributed by atoms with Gasteiger partial charge in [0.05, 0.1) is 12.5 Å². The molecular formula is C16H27NO4. The normalized spacial score (nSPS) is 28.2. The molecule has 21 heavy (non-hydrogen) atoms. The smallest absolute Gasteiger partial charge is 0.303 e. The van der Waals surface area contributed by atoms with Crippen LogP contribution in [0.3, 0.4) is 0 Å². The predicted molar refractivity (Wildman–Crippen MR) is 78.7 cm³/mol. The lowest BCUT2D eigenvalue weighted by molar-refractivity contribution is -0.140. The number of amides is 1. The van der Waals surface area contributed by atoms with Crippen LogP contribution >= 0.6 is 0 Å². The fourth-order valence-electron chi connectivity index (χ4n) is 3.87. The average Bonchev–Trinajstić information content (AvgIpc) is 2.85. The first kappa shape index (κ1) is 16.3. The third-order valence-electron chi connectivity index (χ3n) is 5.13. The SMILES string of the molecule is O=C(O)CC1(CC(=O)NCC2CCC(O)CC2)CCCC1. The Morgan fingerprint density at radius 1 is 1.05 bits per heavy atom. The van der Waals surface area contributed by atoms with Crippen LogP contribution < -0.4 is 5.32 Å². The van der Waals surface area contributed by atoms with Crippen LogP contribution in [0.25, 0.3) is 0 Å². The molecule has 0 spiro atoms. The van der Waals surface area contributed by atoms with Crippen molar-refractivity contribution in [3.05, 3.63) is 0 Å². The summed E-state index contributed by atoms with van der Waals surface area (Å²) in [7, 11) is 0. The Hall–Kier alpha value is -1.10. The molecule has 2 saturated carbocycles. The van der Waals surface area contributed by atoms with Crippen LogP contribution in [0, 0.1) is 11.3 Å². The van der Waals surface area contributed by atoms with Gasteiger partial charge in [0.1, 0.15) is 0 Å². The number of hydrogen-bond donors (Lipinski definition) is 3. The molecule has 0 saturated heterocycles. The Morgan fingerprint density at radius 3 is 2.24 bits per heavy atom. The molecule has 2 rings (SSSR count). The molecular weight excluding hydrogens is 270 g/mol. The Kier molecular flexibility index (Phi) is 5.62. The quantitative estimate of drug-likeness (QED) is 0.700. The number of aliphatic carboxylic acids is 1. The summed E-state index contributed by atoms with van der Waals surface area (Å²) in [5, 5.41) is 21.5. The minimum Gasteiger partial charge on any atom is -0.481 e. The minimum absolute atomic E-state index is 0.00993. The Morgan fingerprint density at radius 2 is 1.67 bits per heavy atom. The van der Waals surface area contributed by atoms with Crippen LogP contribution in [0.5, 0.6) is 0 Å². The molecule has 2 aliphatic carbocycles. The van der Waals surface area contributed by atoms with Crippen molar-refractivity contribution >= 4 is 11.9 Å². The molecule has 2 fully saturated rings. The number of aliphatic hydroxyl groups is 1. The fourth-order valence-corrected chi connectivity index (χ4v) is 3.87. The number of carbonyl (C=O) groups is 2. The summed E-state index contributed by atoms with van der Waals surface area (Å²) in [4.78, 5) is 23.2. The van der Waals surface area contributed by atoms with Crippen LogP contribution in [0.1, 0.15) is 64.2 Å². The first-order valence-electron chi connectivity index (χ1n) is 8.16. The van der Waals surface area contributed by atoms with Crippen molar-refractivity contribution < 1.29 is 19.8 Å². The van der Waals surface area contributed by atoms with Gasteiger partial charge in [0.2, 0.25) is 5.91 Å². The molecule has 0 heterocycles. The van der Waals surface area contributed by atoms with Gasteiger partial charge in [-0.05, 0) is 49.9 Å². The monoisotopic (exact) mass is 297 g/mol. The zero-order chi connectivity index (χ0) is 15.3. The molecule has 2 aliphatic rings. The number of carboxylic acids is 1. The third-order valence-corrected chi connectivity index (χ3v) is 5.13. The number of hydrogen-bond acceptors (Lipinski definition) is 3. The van der Waals surface area contributed by atoms with E-state index in [1.165, 1.54) is 0 Å². The van der Waals surface area contributed by atoms with Crippen molar-refractivity contribution in [1.82, 2.24) is 5.32 Å². The highest BCUT2D eigenvalue weighted by Gasteiger charge is 2.38. The molecule has 0 aromatic heterocycles. The second kappa shape index (κ2) is 7.25. The van der Waals surface area contributed by atoms with Crippen LogP contribution in [0.2, 0.25) is 0 Å². The summed E-state index contributed by atoms with van der Waals surface area (Å²) in [6.45, 7) is 0.661. The van der Waals surface area contributed by atoms with E-state index in [0.29, 0.717) is 18.9 Å². The standard InChI is InChI=1S/C16H27NO4/c18-13-5-3-12(4-6-13)11-17-14(19)9-16(10-15(20)21)7-1-2-8-16/h12-13,18H,1-11H2,(H,17,19)(H,20,21). The van der Waals surface area contributed by atoms with E-state index in [1.54, 1.807) is 0 Å². The molecule has 0 aromatic carbocycles. The lowest BCUT2D eigenvalue weighted by Gasteiger charge is -2.28. The van der Waals surface area contributed by atoms with Crippen molar-refractivity contribution in [3.63, 3.8) is 0 Å². The van der Waals surface area contributed by atoms with Crippen molar-refractivity contribution in [2.24, 2.45) is 11.3 Å². The molecule has 0 aromatic rings. The van der Waals surface area contributed by atoms with Gasteiger partial charge in [0.15, 0.2) is 0 Å². The molecule has 1 amide bonds. The molecule has 3 N–H and O–H groups in total. The van der Waals surface area contributed by atoms with E-state index in [0.717, 1.165) is 51.4 Å². The van der Waals surface area contributed by atoms with E-state index in [-0.39, 0.29) is 23.8 Å². The molecule has 0 atom stereocenters.